The van der Waals surface area contributed by atoms with Crippen molar-refractivity contribution < 1.29 is 13.9 Å². The number of nitrogens with one attached hydrogen (secondary N) is 2. The van der Waals surface area contributed by atoms with Crippen LogP contribution in [0.3, 0.4) is 0 Å². The maximum Gasteiger partial charge on any atom is 0.319 e. The van der Waals surface area contributed by atoms with Crippen LogP contribution in [-0.4, -0.2) is 37.9 Å². The van der Waals surface area contributed by atoms with Crippen LogP contribution in [0.2, 0.25) is 0 Å². The molecular formula is C16H20FN3O2. The first-order chi connectivity index (χ1) is 10.5. The SMILES string of the molecule is C#CCNC(=O)Nc1ccc(N2C[C@H](C)O[C@@H](C)C2)c(F)c1. The van der Waals surface area contributed by atoms with Gasteiger partial charge in [0, 0.05) is 18.8 Å². The van der Waals surface area contributed by atoms with Crippen LogP contribution in [-0.2, 0) is 4.74 Å². The number of halogens is 1. The molecule has 2 amide bonds. The zero-order valence-electron chi connectivity index (χ0n) is 12.7. The van der Waals surface area contributed by atoms with Crippen LogP contribution >= 0.6 is 0 Å². The molecule has 1 saturated heterocycles. The van der Waals surface area contributed by atoms with E-state index in [0.29, 0.717) is 24.5 Å². The lowest BCUT2D eigenvalue weighted by Gasteiger charge is -2.37. The maximum atomic E-state index is 14.3. The Balaban J connectivity index is 2.06. The van der Waals surface area contributed by atoms with Crippen LogP contribution in [0.1, 0.15) is 13.8 Å². The molecule has 1 aromatic rings. The Labute approximate surface area is 129 Å². The predicted octanol–water partition coefficient (Wildman–Crippen LogP) is 2.19. The van der Waals surface area contributed by atoms with Gasteiger partial charge in [-0.05, 0) is 32.0 Å². The highest BCUT2D eigenvalue weighted by Gasteiger charge is 2.24. The summed E-state index contributed by atoms with van der Waals surface area (Å²) in [6.07, 6.45) is 5.15. The molecule has 22 heavy (non-hydrogen) atoms. The number of hydrogen-bond acceptors (Lipinski definition) is 3. The van der Waals surface area contributed by atoms with Gasteiger partial charge in [-0.1, -0.05) is 5.92 Å². The summed E-state index contributed by atoms with van der Waals surface area (Å²) in [6.45, 7) is 5.32. The Kier molecular flexibility index (Phi) is 5.23. The van der Waals surface area contributed by atoms with Crippen molar-refractivity contribution in [3.63, 3.8) is 0 Å². The van der Waals surface area contributed by atoms with Crippen molar-refractivity contribution in [1.82, 2.24) is 5.32 Å². The lowest BCUT2D eigenvalue weighted by molar-refractivity contribution is -0.00539. The minimum atomic E-state index is -0.460. The minimum Gasteiger partial charge on any atom is -0.372 e. The average molecular weight is 305 g/mol. The lowest BCUT2D eigenvalue weighted by atomic mass is 10.2. The monoisotopic (exact) mass is 305 g/mol. The first-order valence-corrected chi connectivity index (χ1v) is 7.18. The van der Waals surface area contributed by atoms with Crippen molar-refractivity contribution in [3.05, 3.63) is 24.0 Å². The number of ether oxygens (including phenoxy) is 1. The third kappa shape index (κ3) is 4.12. The molecule has 0 unspecified atom stereocenters. The summed E-state index contributed by atoms with van der Waals surface area (Å²) in [6, 6.07) is 4.17. The number of rotatable bonds is 3. The van der Waals surface area contributed by atoms with E-state index < -0.39 is 6.03 Å². The van der Waals surface area contributed by atoms with Crippen LogP contribution in [0.15, 0.2) is 18.2 Å². The molecule has 0 aliphatic carbocycles. The van der Waals surface area contributed by atoms with Crippen molar-refractivity contribution in [2.75, 3.05) is 29.9 Å². The van der Waals surface area contributed by atoms with E-state index in [1.54, 1.807) is 12.1 Å². The van der Waals surface area contributed by atoms with Gasteiger partial charge in [0.1, 0.15) is 5.82 Å². The van der Waals surface area contributed by atoms with Gasteiger partial charge in [-0.3, -0.25) is 0 Å². The number of anilines is 2. The number of hydrogen-bond donors (Lipinski definition) is 2. The second-order valence-electron chi connectivity index (χ2n) is 5.34. The van der Waals surface area contributed by atoms with Crippen molar-refractivity contribution in [2.45, 2.75) is 26.1 Å². The summed E-state index contributed by atoms with van der Waals surface area (Å²) in [4.78, 5) is 13.4. The van der Waals surface area contributed by atoms with Crippen molar-refractivity contribution in [3.8, 4) is 12.3 Å². The van der Waals surface area contributed by atoms with Gasteiger partial charge in [0.15, 0.2) is 0 Å². The van der Waals surface area contributed by atoms with Crippen LogP contribution in [0, 0.1) is 18.2 Å². The summed E-state index contributed by atoms with van der Waals surface area (Å²) >= 11 is 0. The number of nitrogens with zero attached hydrogens (tertiary/aromatic N) is 1. The van der Waals surface area contributed by atoms with Crippen molar-refractivity contribution >= 4 is 17.4 Å². The van der Waals surface area contributed by atoms with Gasteiger partial charge in [0.05, 0.1) is 24.4 Å². The maximum absolute atomic E-state index is 14.3. The van der Waals surface area contributed by atoms with Crippen LogP contribution in [0.25, 0.3) is 0 Å². The van der Waals surface area contributed by atoms with Crippen LogP contribution in [0.4, 0.5) is 20.6 Å². The second-order valence-corrected chi connectivity index (χ2v) is 5.34. The molecule has 0 spiro atoms. The summed E-state index contributed by atoms with van der Waals surface area (Å²) in [5.41, 5.74) is 0.890. The van der Waals surface area contributed by atoms with E-state index in [1.807, 2.05) is 18.7 Å². The van der Waals surface area contributed by atoms with Gasteiger partial charge in [-0.25, -0.2) is 9.18 Å². The molecule has 1 aromatic carbocycles. The fourth-order valence-electron chi connectivity index (χ4n) is 2.52. The van der Waals surface area contributed by atoms with E-state index in [-0.39, 0.29) is 24.6 Å². The van der Waals surface area contributed by atoms with E-state index >= 15 is 0 Å². The standard InChI is InChI=1S/C16H20FN3O2/c1-4-7-18-16(21)19-13-5-6-15(14(17)8-13)20-9-11(2)22-12(3)10-20/h1,5-6,8,11-12H,7,9-10H2,2-3H3,(H2,18,19,21)/t11-,12-/m0/s1. The number of terminal acetylenes is 1. The summed E-state index contributed by atoms with van der Waals surface area (Å²) < 4.78 is 20.0. The number of amides is 2. The molecule has 1 heterocycles. The minimum absolute atomic E-state index is 0.0514. The van der Waals surface area contributed by atoms with E-state index in [1.165, 1.54) is 6.07 Å². The summed E-state index contributed by atoms with van der Waals surface area (Å²) in [5, 5.41) is 4.99. The molecule has 0 saturated carbocycles. The molecule has 2 rings (SSSR count). The highest BCUT2D eigenvalue weighted by Crippen LogP contribution is 2.26. The Morgan fingerprint density at radius 3 is 2.73 bits per heavy atom. The molecule has 2 atom stereocenters. The van der Waals surface area contributed by atoms with Gasteiger partial charge >= 0.3 is 6.03 Å². The highest BCUT2D eigenvalue weighted by molar-refractivity contribution is 5.89. The van der Waals surface area contributed by atoms with E-state index in [2.05, 4.69) is 16.6 Å². The normalized spacial score (nSPS) is 21.1. The molecule has 118 valence electrons. The Morgan fingerprint density at radius 2 is 2.14 bits per heavy atom. The average Bonchev–Trinajstić information content (AvgIpc) is 2.44. The highest BCUT2D eigenvalue weighted by atomic mass is 19.1. The molecule has 6 heteroatoms. The zero-order valence-corrected chi connectivity index (χ0v) is 12.7. The summed E-state index contributed by atoms with van der Waals surface area (Å²) in [5.74, 6) is 1.91. The van der Waals surface area contributed by atoms with Crippen molar-refractivity contribution in [2.24, 2.45) is 0 Å². The van der Waals surface area contributed by atoms with E-state index in [0.717, 1.165) is 0 Å². The predicted molar refractivity (Wildman–Crippen MR) is 84.5 cm³/mol. The molecule has 5 nitrogen and oxygen atoms in total. The number of benzene rings is 1. The first kappa shape index (κ1) is 16.1. The Bertz CT molecular complexity index is 575. The fraction of sp³-hybridized carbons (Fsp3) is 0.438. The van der Waals surface area contributed by atoms with E-state index in [9.17, 15) is 9.18 Å². The number of morpholine rings is 1. The molecule has 0 aromatic heterocycles. The number of carbonyl (C=O) groups excluding carboxylic acids is 1. The molecular weight excluding hydrogens is 285 g/mol. The zero-order chi connectivity index (χ0) is 16.1. The quantitative estimate of drug-likeness (QED) is 0.842. The molecule has 2 N–H and O–H groups in total. The van der Waals surface area contributed by atoms with Gasteiger partial charge in [-0.2, -0.15) is 0 Å². The number of urea groups is 1. The molecule has 0 radical (unpaired) electrons. The Hall–Kier alpha value is -2.26. The topological polar surface area (TPSA) is 53.6 Å². The molecule has 1 fully saturated rings. The lowest BCUT2D eigenvalue weighted by Crippen LogP contribution is -2.45. The molecule has 1 aliphatic rings. The van der Waals surface area contributed by atoms with Crippen molar-refractivity contribution in [1.29, 1.82) is 0 Å². The van der Waals surface area contributed by atoms with Crippen LogP contribution < -0.4 is 15.5 Å². The molecule has 1 aliphatic heterocycles. The van der Waals surface area contributed by atoms with Gasteiger partial charge in [-0.15, -0.1) is 6.42 Å². The van der Waals surface area contributed by atoms with Gasteiger partial charge < -0.3 is 20.3 Å². The fourth-order valence-corrected chi connectivity index (χ4v) is 2.52. The largest absolute Gasteiger partial charge is 0.372 e. The van der Waals surface area contributed by atoms with Gasteiger partial charge in [0.25, 0.3) is 0 Å². The second kappa shape index (κ2) is 7.14. The smallest absolute Gasteiger partial charge is 0.319 e. The van der Waals surface area contributed by atoms with E-state index in [4.69, 9.17) is 11.2 Å². The number of carbonyl (C=O) groups is 1. The molecule has 0 bridgehead atoms. The van der Waals surface area contributed by atoms with Gasteiger partial charge in [0.2, 0.25) is 0 Å². The third-order valence-electron chi connectivity index (χ3n) is 3.32. The summed E-state index contributed by atoms with van der Waals surface area (Å²) in [7, 11) is 0. The first-order valence-electron chi connectivity index (χ1n) is 7.18. The van der Waals surface area contributed by atoms with Crippen LogP contribution in [0.5, 0.6) is 0 Å². The third-order valence-corrected chi connectivity index (χ3v) is 3.32. The Morgan fingerprint density at radius 1 is 1.45 bits per heavy atom.